The number of carbonyl (C=O) groups is 1. The van der Waals surface area contributed by atoms with Crippen molar-refractivity contribution in [3.05, 3.63) is 64.6 Å². The number of allylic oxidation sites excluding steroid dienone is 2. The zero-order valence-electron chi connectivity index (χ0n) is 13.8. The van der Waals surface area contributed by atoms with Crippen molar-refractivity contribution in [3.8, 4) is 11.8 Å². The first-order chi connectivity index (χ1) is 11.6. The first-order valence-electron chi connectivity index (χ1n) is 7.57. The predicted octanol–water partition coefficient (Wildman–Crippen LogP) is 3.38. The molecule has 1 N–H and O–H groups in total. The Morgan fingerprint density at radius 3 is 2.79 bits per heavy atom. The van der Waals surface area contributed by atoms with Gasteiger partial charge in [0.05, 0.1) is 18.7 Å². The van der Waals surface area contributed by atoms with E-state index < -0.39 is 0 Å². The summed E-state index contributed by atoms with van der Waals surface area (Å²) >= 11 is 0. The first kappa shape index (κ1) is 15.8. The molecule has 0 aliphatic carbocycles. The highest BCUT2D eigenvalue weighted by atomic mass is 16.5. The molecule has 0 bridgehead atoms. The monoisotopic (exact) mass is 319 g/mol. The average Bonchev–Trinajstić information content (AvgIpc) is 2.59. The Kier molecular flexibility index (Phi) is 4.05. The number of methoxy groups -OCH3 is 1. The molecule has 5 nitrogen and oxygen atoms in total. The van der Waals surface area contributed by atoms with Crippen LogP contribution in [0, 0.1) is 11.3 Å². The van der Waals surface area contributed by atoms with Gasteiger partial charge in [-0.05, 0) is 32.0 Å². The lowest BCUT2D eigenvalue weighted by Crippen LogP contribution is -2.22. The molecule has 3 rings (SSSR count). The number of hydrogen-bond donors (Lipinski definition) is 1. The number of fused-ring (bicyclic) bond motifs is 1. The van der Waals surface area contributed by atoms with Crippen LogP contribution in [0.15, 0.2) is 47.9 Å². The molecule has 0 saturated carbocycles. The number of anilines is 1. The van der Waals surface area contributed by atoms with Crippen molar-refractivity contribution < 1.29 is 9.53 Å². The molecule has 5 heteroatoms. The van der Waals surface area contributed by atoms with Gasteiger partial charge in [-0.25, -0.2) is 0 Å². The van der Waals surface area contributed by atoms with Crippen molar-refractivity contribution in [2.24, 2.45) is 0 Å². The van der Waals surface area contributed by atoms with Gasteiger partial charge in [0.1, 0.15) is 5.75 Å². The van der Waals surface area contributed by atoms with E-state index in [4.69, 9.17) is 10.00 Å². The molecular weight excluding hydrogens is 302 g/mol. The molecule has 2 heterocycles. The fourth-order valence-corrected chi connectivity index (χ4v) is 3.20. The molecule has 24 heavy (non-hydrogen) atoms. The minimum absolute atomic E-state index is 0.00841. The summed E-state index contributed by atoms with van der Waals surface area (Å²) in [6, 6.07) is 9.28. The lowest BCUT2D eigenvalue weighted by atomic mass is 9.79. The number of nitrogens with zero attached hydrogens (tertiary/aromatic N) is 2. The van der Waals surface area contributed by atoms with Gasteiger partial charge in [-0.1, -0.05) is 6.07 Å². The van der Waals surface area contributed by atoms with Gasteiger partial charge in [0.15, 0.2) is 5.78 Å². The summed E-state index contributed by atoms with van der Waals surface area (Å²) in [7, 11) is 1.56. The minimum atomic E-state index is -0.282. The zero-order chi connectivity index (χ0) is 17.3. The van der Waals surface area contributed by atoms with Crippen molar-refractivity contribution in [3.63, 3.8) is 0 Å². The number of ether oxygens (including phenoxy) is 1. The number of rotatable bonds is 3. The fraction of sp³-hybridized carbons (Fsp3) is 0.211. The smallest absolute Gasteiger partial charge is 0.158 e. The van der Waals surface area contributed by atoms with E-state index in [9.17, 15) is 4.79 Å². The molecule has 1 unspecified atom stereocenters. The van der Waals surface area contributed by atoms with Gasteiger partial charge >= 0.3 is 0 Å². The Balaban J connectivity index is 2.28. The van der Waals surface area contributed by atoms with Crippen LogP contribution in [0.3, 0.4) is 0 Å². The molecule has 1 aliphatic heterocycles. The highest BCUT2D eigenvalue weighted by molar-refractivity contribution is 5.98. The molecule has 120 valence electrons. The number of nitriles is 1. The molecule has 1 aromatic carbocycles. The molecule has 0 fully saturated rings. The normalized spacial score (nSPS) is 16.0. The standard InChI is InChI=1S/C19H17N3O2/c1-11-18(12(2)23)19(15-10-21-7-6-16(15)22-11)14-5-4-13(9-20)8-17(14)24-3/h4-8,10,19,22H,1-3H3. The van der Waals surface area contributed by atoms with E-state index in [0.717, 1.165) is 22.5 Å². The van der Waals surface area contributed by atoms with Crippen LogP contribution in [0.25, 0.3) is 0 Å². The van der Waals surface area contributed by atoms with Crippen molar-refractivity contribution in [2.45, 2.75) is 19.8 Å². The lowest BCUT2D eigenvalue weighted by molar-refractivity contribution is -0.113. The summed E-state index contributed by atoms with van der Waals surface area (Å²) in [4.78, 5) is 16.5. The maximum absolute atomic E-state index is 12.3. The molecule has 0 radical (unpaired) electrons. The van der Waals surface area contributed by atoms with Gasteiger partial charge in [0.2, 0.25) is 0 Å². The van der Waals surface area contributed by atoms with Crippen LogP contribution in [0.4, 0.5) is 5.69 Å². The highest BCUT2D eigenvalue weighted by Gasteiger charge is 2.32. The maximum atomic E-state index is 12.3. The van der Waals surface area contributed by atoms with E-state index in [1.807, 2.05) is 19.1 Å². The fourth-order valence-electron chi connectivity index (χ4n) is 3.20. The number of nitrogens with one attached hydrogen (secondary N) is 1. The van der Waals surface area contributed by atoms with Crippen molar-refractivity contribution in [2.75, 3.05) is 12.4 Å². The number of pyridine rings is 1. The third-order valence-corrected chi connectivity index (χ3v) is 4.23. The molecule has 1 aliphatic rings. The minimum Gasteiger partial charge on any atom is -0.496 e. The number of Topliss-reactive ketones (excluding diaryl/α,β-unsaturated/α-hetero) is 1. The van der Waals surface area contributed by atoms with E-state index in [1.54, 1.807) is 38.6 Å². The first-order valence-corrected chi connectivity index (χ1v) is 7.57. The summed E-state index contributed by atoms with van der Waals surface area (Å²) in [5.74, 6) is 0.295. The van der Waals surface area contributed by atoms with Gasteiger partial charge < -0.3 is 10.1 Å². The van der Waals surface area contributed by atoms with Crippen LogP contribution in [-0.2, 0) is 4.79 Å². The zero-order valence-corrected chi connectivity index (χ0v) is 13.8. The molecule has 1 atom stereocenters. The Labute approximate surface area is 140 Å². The van der Waals surface area contributed by atoms with Gasteiger partial charge in [-0.3, -0.25) is 9.78 Å². The molecule has 0 spiro atoms. The van der Waals surface area contributed by atoms with Crippen LogP contribution < -0.4 is 10.1 Å². The SMILES string of the molecule is COc1cc(C#N)ccc1C1C(C(C)=O)=C(C)Nc2ccncc21. The van der Waals surface area contributed by atoms with E-state index in [-0.39, 0.29) is 11.7 Å². The quantitative estimate of drug-likeness (QED) is 0.938. The largest absolute Gasteiger partial charge is 0.496 e. The summed E-state index contributed by atoms with van der Waals surface area (Å²) in [5.41, 5.74) is 4.69. The molecular formula is C19H17N3O2. The van der Waals surface area contributed by atoms with E-state index >= 15 is 0 Å². The van der Waals surface area contributed by atoms with Crippen LogP contribution in [-0.4, -0.2) is 17.9 Å². The Morgan fingerprint density at radius 2 is 2.12 bits per heavy atom. The van der Waals surface area contributed by atoms with E-state index in [2.05, 4.69) is 16.4 Å². The van der Waals surface area contributed by atoms with Gasteiger partial charge in [-0.15, -0.1) is 0 Å². The van der Waals surface area contributed by atoms with Crippen LogP contribution >= 0.6 is 0 Å². The topological polar surface area (TPSA) is 75.0 Å². The Morgan fingerprint density at radius 1 is 1.33 bits per heavy atom. The second kappa shape index (κ2) is 6.17. The van der Waals surface area contributed by atoms with E-state index in [1.165, 1.54) is 0 Å². The number of hydrogen-bond acceptors (Lipinski definition) is 5. The number of benzene rings is 1. The molecule has 0 saturated heterocycles. The maximum Gasteiger partial charge on any atom is 0.158 e. The summed E-state index contributed by atoms with van der Waals surface area (Å²) in [6.45, 7) is 3.45. The second-order valence-corrected chi connectivity index (χ2v) is 5.68. The molecule has 2 aromatic rings. The molecule has 1 aromatic heterocycles. The lowest BCUT2D eigenvalue weighted by Gasteiger charge is -2.30. The third-order valence-electron chi connectivity index (χ3n) is 4.23. The summed E-state index contributed by atoms with van der Waals surface area (Å²) in [6.07, 6.45) is 3.48. The molecule has 0 amide bonds. The average molecular weight is 319 g/mol. The van der Waals surface area contributed by atoms with Crippen molar-refractivity contribution >= 4 is 11.5 Å². The van der Waals surface area contributed by atoms with Crippen LogP contribution in [0.1, 0.15) is 36.5 Å². The van der Waals surface area contributed by atoms with Gasteiger partial charge in [0.25, 0.3) is 0 Å². The van der Waals surface area contributed by atoms with Crippen LogP contribution in [0.5, 0.6) is 5.75 Å². The number of carbonyl (C=O) groups excluding carboxylic acids is 1. The summed E-state index contributed by atoms with van der Waals surface area (Å²) < 4.78 is 5.49. The Hall–Kier alpha value is -3.13. The number of ketones is 1. The summed E-state index contributed by atoms with van der Waals surface area (Å²) in [5, 5.41) is 12.4. The second-order valence-electron chi connectivity index (χ2n) is 5.68. The van der Waals surface area contributed by atoms with Crippen molar-refractivity contribution in [1.29, 1.82) is 5.26 Å². The highest BCUT2D eigenvalue weighted by Crippen LogP contribution is 2.44. The van der Waals surface area contributed by atoms with Crippen LogP contribution in [0.2, 0.25) is 0 Å². The van der Waals surface area contributed by atoms with Gasteiger partial charge in [0, 0.05) is 46.4 Å². The predicted molar refractivity (Wildman–Crippen MR) is 90.8 cm³/mol. The van der Waals surface area contributed by atoms with E-state index in [0.29, 0.717) is 16.9 Å². The number of aromatic nitrogens is 1. The van der Waals surface area contributed by atoms with Gasteiger partial charge in [-0.2, -0.15) is 5.26 Å². The third kappa shape index (κ3) is 2.52. The van der Waals surface area contributed by atoms with Crippen molar-refractivity contribution in [1.82, 2.24) is 4.98 Å². The Bertz CT molecular complexity index is 894.